The van der Waals surface area contributed by atoms with Crippen LogP contribution in [0, 0.1) is 6.92 Å². The van der Waals surface area contributed by atoms with Crippen molar-refractivity contribution in [3.05, 3.63) is 27.7 Å². The van der Waals surface area contributed by atoms with Crippen LogP contribution >= 0.6 is 35.4 Å². The van der Waals surface area contributed by atoms with Crippen LogP contribution in [0.3, 0.4) is 0 Å². The third kappa shape index (κ3) is 3.51. The Morgan fingerprint density at radius 2 is 1.94 bits per heavy atom. The zero-order chi connectivity index (χ0) is 12.3. The van der Waals surface area contributed by atoms with Gasteiger partial charge in [-0.2, -0.15) is 0 Å². The smallest absolute Gasteiger partial charge is 0.171 e. The molecule has 2 nitrogen and oxygen atoms in total. The fourth-order valence-corrected chi connectivity index (χ4v) is 1.99. The minimum Gasteiger partial charge on any atom is -0.360 e. The molecule has 0 aliphatic heterocycles. The zero-order valence-electron chi connectivity index (χ0n) is 9.40. The molecule has 0 atom stereocenters. The summed E-state index contributed by atoms with van der Waals surface area (Å²) in [4.78, 5) is 0. The second-order valence-electron chi connectivity index (χ2n) is 3.81. The van der Waals surface area contributed by atoms with E-state index in [2.05, 4.69) is 10.6 Å². The zero-order valence-corrected chi connectivity index (χ0v) is 11.7. The Balaban J connectivity index is 2.88. The molecule has 0 bridgehead atoms. The van der Waals surface area contributed by atoms with Gasteiger partial charge in [-0.3, -0.25) is 0 Å². The van der Waals surface area contributed by atoms with E-state index in [1.54, 1.807) is 6.07 Å². The average Bonchev–Trinajstić information content (AvgIpc) is 2.17. The van der Waals surface area contributed by atoms with E-state index >= 15 is 0 Å². The summed E-state index contributed by atoms with van der Waals surface area (Å²) in [5.74, 6) is 0. The van der Waals surface area contributed by atoms with Crippen LogP contribution in [0.25, 0.3) is 0 Å². The predicted octanol–water partition coefficient (Wildman–Crippen LogP) is 4.00. The van der Waals surface area contributed by atoms with Gasteiger partial charge in [0.1, 0.15) is 0 Å². The SMILES string of the molecule is Cc1ccc(Cl)c(NC(=S)NC(C)C)c1Cl. The molecular weight excluding hydrogens is 263 g/mol. The van der Waals surface area contributed by atoms with Crippen LogP contribution < -0.4 is 10.6 Å². The summed E-state index contributed by atoms with van der Waals surface area (Å²) in [6.45, 7) is 5.93. The minimum atomic E-state index is 0.266. The maximum atomic E-state index is 6.14. The molecule has 0 spiro atoms. The van der Waals surface area contributed by atoms with Crippen molar-refractivity contribution >= 4 is 46.2 Å². The molecule has 0 fully saturated rings. The van der Waals surface area contributed by atoms with Gasteiger partial charge in [0.2, 0.25) is 0 Å². The lowest BCUT2D eigenvalue weighted by atomic mass is 10.2. The molecule has 88 valence electrons. The van der Waals surface area contributed by atoms with Crippen molar-refractivity contribution in [3.8, 4) is 0 Å². The lowest BCUT2D eigenvalue weighted by Gasteiger charge is -2.16. The normalized spacial score (nSPS) is 10.4. The number of nitrogens with one attached hydrogen (secondary N) is 2. The number of rotatable bonds is 2. The molecule has 16 heavy (non-hydrogen) atoms. The minimum absolute atomic E-state index is 0.266. The van der Waals surface area contributed by atoms with E-state index in [9.17, 15) is 0 Å². The van der Waals surface area contributed by atoms with Gasteiger partial charge in [0.25, 0.3) is 0 Å². The van der Waals surface area contributed by atoms with Gasteiger partial charge >= 0.3 is 0 Å². The second-order valence-corrected chi connectivity index (χ2v) is 5.00. The standard InChI is InChI=1S/C11H14Cl2N2S/c1-6(2)14-11(16)15-10-8(12)5-4-7(3)9(10)13/h4-6H,1-3H3,(H2,14,15,16). The number of thiocarbonyl (C=S) groups is 1. The summed E-state index contributed by atoms with van der Waals surface area (Å²) in [5.41, 5.74) is 1.61. The topological polar surface area (TPSA) is 24.1 Å². The van der Waals surface area contributed by atoms with E-state index in [1.807, 2.05) is 26.8 Å². The molecule has 0 saturated carbocycles. The second kappa shape index (κ2) is 5.71. The first-order chi connectivity index (χ1) is 7.41. The molecule has 0 saturated heterocycles. The highest BCUT2D eigenvalue weighted by Gasteiger charge is 2.10. The van der Waals surface area contributed by atoms with Gasteiger partial charge in [0.05, 0.1) is 15.7 Å². The van der Waals surface area contributed by atoms with Gasteiger partial charge in [0, 0.05) is 6.04 Å². The summed E-state index contributed by atoms with van der Waals surface area (Å²) in [7, 11) is 0. The summed E-state index contributed by atoms with van der Waals surface area (Å²) < 4.78 is 0. The molecule has 1 aromatic rings. The highest BCUT2D eigenvalue weighted by Crippen LogP contribution is 2.32. The predicted molar refractivity (Wildman–Crippen MR) is 75.7 cm³/mol. The van der Waals surface area contributed by atoms with Crippen LogP contribution in [0.1, 0.15) is 19.4 Å². The molecule has 0 aliphatic rings. The van der Waals surface area contributed by atoms with Crippen LogP contribution in [-0.4, -0.2) is 11.2 Å². The molecular formula is C11H14Cl2N2S. The largest absolute Gasteiger partial charge is 0.360 e. The highest BCUT2D eigenvalue weighted by atomic mass is 35.5. The van der Waals surface area contributed by atoms with Crippen molar-refractivity contribution in [2.24, 2.45) is 0 Å². The third-order valence-electron chi connectivity index (χ3n) is 1.94. The Morgan fingerprint density at radius 3 is 2.50 bits per heavy atom. The van der Waals surface area contributed by atoms with E-state index in [0.717, 1.165) is 5.56 Å². The average molecular weight is 277 g/mol. The van der Waals surface area contributed by atoms with Gasteiger partial charge in [-0.05, 0) is 44.6 Å². The fraction of sp³-hybridized carbons (Fsp3) is 0.364. The van der Waals surface area contributed by atoms with Crippen molar-refractivity contribution in [2.75, 3.05) is 5.32 Å². The number of aryl methyl sites for hydroxylation is 1. The molecule has 1 aromatic carbocycles. The first kappa shape index (κ1) is 13.6. The van der Waals surface area contributed by atoms with E-state index in [1.165, 1.54) is 0 Å². The van der Waals surface area contributed by atoms with Crippen molar-refractivity contribution < 1.29 is 0 Å². The van der Waals surface area contributed by atoms with Gasteiger partial charge in [-0.1, -0.05) is 29.3 Å². The van der Waals surface area contributed by atoms with Crippen molar-refractivity contribution in [3.63, 3.8) is 0 Å². The van der Waals surface area contributed by atoms with E-state index in [4.69, 9.17) is 35.4 Å². The molecule has 0 amide bonds. The summed E-state index contributed by atoms with van der Waals surface area (Å²) in [6, 6.07) is 3.93. The molecule has 2 N–H and O–H groups in total. The molecule has 0 heterocycles. The Hall–Kier alpha value is -0.510. The van der Waals surface area contributed by atoms with Crippen molar-refractivity contribution in [1.29, 1.82) is 0 Å². The van der Waals surface area contributed by atoms with E-state index in [-0.39, 0.29) is 6.04 Å². The maximum Gasteiger partial charge on any atom is 0.171 e. The molecule has 0 radical (unpaired) electrons. The van der Waals surface area contributed by atoms with Gasteiger partial charge in [-0.25, -0.2) is 0 Å². The Bertz CT molecular complexity index is 405. The van der Waals surface area contributed by atoms with Gasteiger partial charge in [-0.15, -0.1) is 0 Å². The first-order valence-corrected chi connectivity index (χ1v) is 6.10. The van der Waals surface area contributed by atoms with Crippen LogP contribution in [0.4, 0.5) is 5.69 Å². The lowest BCUT2D eigenvalue weighted by molar-refractivity contribution is 0.739. The van der Waals surface area contributed by atoms with Crippen molar-refractivity contribution in [2.45, 2.75) is 26.8 Å². The van der Waals surface area contributed by atoms with Crippen LogP contribution in [-0.2, 0) is 0 Å². The number of anilines is 1. The summed E-state index contributed by atoms with van der Waals surface area (Å²) >= 11 is 17.3. The number of benzene rings is 1. The first-order valence-electron chi connectivity index (χ1n) is 4.94. The quantitative estimate of drug-likeness (QED) is 0.799. The van der Waals surface area contributed by atoms with E-state index in [0.29, 0.717) is 20.8 Å². The lowest BCUT2D eigenvalue weighted by Crippen LogP contribution is -2.34. The highest BCUT2D eigenvalue weighted by molar-refractivity contribution is 7.80. The molecule has 0 unspecified atom stereocenters. The van der Waals surface area contributed by atoms with Gasteiger partial charge in [0.15, 0.2) is 5.11 Å². The molecule has 5 heteroatoms. The fourth-order valence-electron chi connectivity index (χ4n) is 1.18. The summed E-state index contributed by atoms with van der Waals surface area (Å²) in [5, 5.41) is 7.75. The van der Waals surface area contributed by atoms with Gasteiger partial charge < -0.3 is 10.6 Å². The maximum absolute atomic E-state index is 6.14. The molecule has 0 aromatic heterocycles. The van der Waals surface area contributed by atoms with Crippen LogP contribution in [0.15, 0.2) is 12.1 Å². The van der Waals surface area contributed by atoms with Crippen molar-refractivity contribution in [1.82, 2.24) is 5.32 Å². The molecule has 1 rings (SSSR count). The Labute approximate surface area is 111 Å². The Kier molecular flexibility index (Phi) is 4.84. The summed E-state index contributed by atoms with van der Waals surface area (Å²) in [6.07, 6.45) is 0. The third-order valence-corrected chi connectivity index (χ3v) is 2.96. The Morgan fingerprint density at radius 1 is 1.31 bits per heavy atom. The van der Waals surface area contributed by atoms with Crippen LogP contribution in [0.2, 0.25) is 10.0 Å². The number of hydrogen-bond donors (Lipinski definition) is 2. The van der Waals surface area contributed by atoms with Crippen LogP contribution in [0.5, 0.6) is 0 Å². The number of hydrogen-bond acceptors (Lipinski definition) is 1. The number of halogens is 2. The molecule has 0 aliphatic carbocycles. The monoisotopic (exact) mass is 276 g/mol. The van der Waals surface area contributed by atoms with E-state index < -0.39 is 0 Å².